The Kier molecular flexibility index (Phi) is 3.65. The van der Waals surface area contributed by atoms with E-state index in [1.165, 1.54) is 4.68 Å². The molecule has 8 heteroatoms. The Bertz CT molecular complexity index is 548. The number of aliphatic carboxylic acids is 1. The zero-order valence-corrected chi connectivity index (χ0v) is 11.7. The average molecular weight is 282 g/mol. The van der Waals surface area contributed by atoms with E-state index in [4.69, 9.17) is 5.11 Å². The standard InChI is InChI=1S/C12H18N4O4/c1-7(2)10-11(16(19)20)12(14(3)13-10)15(6-9(17)18)8-4-5-8/h7-8H,4-6H2,1-3H3,(H,17,18). The predicted molar refractivity (Wildman–Crippen MR) is 72.0 cm³/mol. The minimum absolute atomic E-state index is 0.0558. The van der Waals surface area contributed by atoms with Crippen LogP contribution in [-0.4, -0.2) is 38.4 Å². The van der Waals surface area contributed by atoms with Gasteiger partial charge in [-0.25, -0.2) is 4.68 Å². The monoisotopic (exact) mass is 282 g/mol. The molecule has 0 atom stereocenters. The van der Waals surface area contributed by atoms with Crippen molar-refractivity contribution in [3.05, 3.63) is 15.8 Å². The Morgan fingerprint density at radius 1 is 1.60 bits per heavy atom. The lowest BCUT2D eigenvalue weighted by Gasteiger charge is -2.21. The lowest BCUT2D eigenvalue weighted by atomic mass is 10.1. The van der Waals surface area contributed by atoms with Crippen molar-refractivity contribution >= 4 is 17.5 Å². The largest absolute Gasteiger partial charge is 0.480 e. The molecule has 1 aliphatic carbocycles. The average Bonchev–Trinajstić information content (AvgIpc) is 3.09. The summed E-state index contributed by atoms with van der Waals surface area (Å²) < 4.78 is 1.43. The topological polar surface area (TPSA) is 102 Å². The summed E-state index contributed by atoms with van der Waals surface area (Å²) in [7, 11) is 1.62. The molecule has 1 saturated carbocycles. The molecule has 1 aromatic heterocycles. The van der Waals surface area contributed by atoms with Gasteiger partial charge in [0, 0.05) is 19.0 Å². The van der Waals surface area contributed by atoms with Crippen LogP contribution in [0.3, 0.4) is 0 Å². The number of aryl methyl sites for hydroxylation is 1. The molecule has 1 aliphatic rings. The fraction of sp³-hybridized carbons (Fsp3) is 0.667. The number of nitro groups is 1. The number of hydrogen-bond donors (Lipinski definition) is 1. The van der Waals surface area contributed by atoms with E-state index in [0.29, 0.717) is 11.5 Å². The number of hydrogen-bond acceptors (Lipinski definition) is 5. The van der Waals surface area contributed by atoms with Crippen LogP contribution in [0, 0.1) is 10.1 Å². The van der Waals surface area contributed by atoms with Crippen LogP contribution in [0.25, 0.3) is 0 Å². The van der Waals surface area contributed by atoms with E-state index in [-0.39, 0.29) is 24.2 Å². The molecule has 1 N–H and O–H groups in total. The summed E-state index contributed by atoms with van der Waals surface area (Å²) in [5.74, 6) is -0.802. The van der Waals surface area contributed by atoms with Gasteiger partial charge in [-0.2, -0.15) is 5.10 Å². The Morgan fingerprint density at radius 2 is 2.20 bits per heavy atom. The number of aromatic nitrogens is 2. The van der Waals surface area contributed by atoms with Gasteiger partial charge in [0.05, 0.1) is 4.92 Å². The molecule has 0 bridgehead atoms. The Hall–Kier alpha value is -2.12. The third kappa shape index (κ3) is 2.59. The van der Waals surface area contributed by atoms with Gasteiger partial charge in [0.25, 0.3) is 0 Å². The SMILES string of the molecule is CC(C)c1nn(C)c(N(CC(=O)O)C2CC2)c1[N+](=O)[O-]. The van der Waals surface area contributed by atoms with Crippen molar-refractivity contribution in [2.75, 3.05) is 11.4 Å². The van der Waals surface area contributed by atoms with Crippen molar-refractivity contribution in [3.8, 4) is 0 Å². The van der Waals surface area contributed by atoms with Crippen LogP contribution in [0.5, 0.6) is 0 Å². The quantitative estimate of drug-likeness (QED) is 0.626. The summed E-state index contributed by atoms with van der Waals surface area (Å²) in [6.07, 6.45) is 1.71. The fourth-order valence-electron chi connectivity index (χ4n) is 2.32. The maximum Gasteiger partial charge on any atom is 0.334 e. The number of carbonyl (C=O) groups is 1. The van der Waals surface area contributed by atoms with Gasteiger partial charge < -0.3 is 10.0 Å². The van der Waals surface area contributed by atoms with E-state index < -0.39 is 10.9 Å². The van der Waals surface area contributed by atoms with Crippen LogP contribution in [0.2, 0.25) is 0 Å². The molecule has 2 rings (SSSR count). The number of carboxylic acids is 1. The Labute approximate surface area is 116 Å². The molecule has 1 heterocycles. The molecule has 0 aliphatic heterocycles. The van der Waals surface area contributed by atoms with Gasteiger partial charge in [0.2, 0.25) is 5.82 Å². The van der Waals surface area contributed by atoms with E-state index in [2.05, 4.69) is 5.10 Å². The summed E-state index contributed by atoms with van der Waals surface area (Å²) in [6.45, 7) is 3.41. The molecule has 0 saturated heterocycles. The second kappa shape index (κ2) is 5.10. The summed E-state index contributed by atoms with van der Waals surface area (Å²) in [6, 6.07) is 0.0558. The molecule has 0 aromatic carbocycles. The molecular weight excluding hydrogens is 264 g/mol. The first-order valence-corrected chi connectivity index (χ1v) is 6.52. The summed E-state index contributed by atoms with van der Waals surface area (Å²) >= 11 is 0. The first-order chi connectivity index (χ1) is 9.32. The molecule has 0 spiro atoms. The smallest absolute Gasteiger partial charge is 0.334 e. The third-order valence-electron chi connectivity index (χ3n) is 3.31. The van der Waals surface area contributed by atoms with Gasteiger partial charge in [-0.1, -0.05) is 13.8 Å². The molecular formula is C12H18N4O4. The van der Waals surface area contributed by atoms with Crippen molar-refractivity contribution in [1.29, 1.82) is 0 Å². The van der Waals surface area contributed by atoms with Crippen LogP contribution in [0.4, 0.5) is 11.5 Å². The van der Waals surface area contributed by atoms with E-state index in [1.54, 1.807) is 11.9 Å². The van der Waals surface area contributed by atoms with Crippen LogP contribution < -0.4 is 4.90 Å². The van der Waals surface area contributed by atoms with E-state index in [9.17, 15) is 14.9 Å². The highest BCUT2D eigenvalue weighted by Gasteiger charge is 2.39. The number of nitrogens with zero attached hydrogens (tertiary/aromatic N) is 4. The van der Waals surface area contributed by atoms with Gasteiger partial charge in [-0.15, -0.1) is 0 Å². The molecule has 0 radical (unpaired) electrons. The zero-order valence-electron chi connectivity index (χ0n) is 11.7. The predicted octanol–water partition coefficient (Wildman–Crippen LogP) is 1.51. The third-order valence-corrected chi connectivity index (χ3v) is 3.31. The normalized spacial score (nSPS) is 14.6. The van der Waals surface area contributed by atoms with E-state index >= 15 is 0 Å². The van der Waals surface area contributed by atoms with E-state index in [0.717, 1.165) is 12.8 Å². The summed E-state index contributed by atoms with van der Waals surface area (Å²) in [4.78, 5) is 23.5. The van der Waals surface area contributed by atoms with Crippen LogP contribution in [-0.2, 0) is 11.8 Å². The zero-order chi connectivity index (χ0) is 15.0. The highest BCUT2D eigenvalue weighted by atomic mass is 16.6. The first-order valence-electron chi connectivity index (χ1n) is 6.52. The molecule has 0 amide bonds. The Balaban J connectivity index is 2.52. The van der Waals surface area contributed by atoms with Crippen LogP contribution in [0.15, 0.2) is 0 Å². The van der Waals surface area contributed by atoms with Gasteiger partial charge in [0.15, 0.2) is 0 Å². The van der Waals surface area contributed by atoms with Gasteiger partial charge in [-0.3, -0.25) is 14.9 Å². The molecule has 20 heavy (non-hydrogen) atoms. The summed E-state index contributed by atoms with van der Waals surface area (Å²) in [5, 5.41) is 24.6. The molecule has 0 unspecified atom stereocenters. The fourth-order valence-corrected chi connectivity index (χ4v) is 2.32. The van der Waals surface area contributed by atoms with Gasteiger partial charge in [0.1, 0.15) is 12.2 Å². The van der Waals surface area contributed by atoms with Gasteiger partial charge in [-0.05, 0) is 12.8 Å². The van der Waals surface area contributed by atoms with Gasteiger partial charge >= 0.3 is 11.7 Å². The lowest BCUT2D eigenvalue weighted by Crippen LogP contribution is -2.33. The first kappa shape index (κ1) is 14.3. The number of rotatable bonds is 6. The van der Waals surface area contributed by atoms with Crippen molar-refractivity contribution < 1.29 is 14.8 Å². The lowest BCUT2D eigenvalue weighted by molar-refractivity contribution is -0.385. The molecule has 110 valence electrons. The molecule has 1 aromatic rings. The maximum absolute atomic E-state index is 11.4. The minimum atomic E-state index is -1.00. The van der Waals surface area contributed by atoms with Crippen molar-refractivity contribution in [2.24, 2.45) is 7.05 Å². The van der Waals surface area contributed by atoms with Crippen LogP contribution in [0.1, 0.15) is 38.3 Å². The second-order valence-electron chi connectivity index (χ2n) is 5.35. The van der Waals surface area contributed by atoms with E-state index in [1.807, 2.05) is 13.8 Å². The van der Waals surface area contributed by atoms with Crippen molar-refractivity contribution in [1.82, 2.24) is 9.78 Å². The molecule has 8 nitrogen and oxygen atoms in total. The summed E-state index contributed by atoms with van der Waals surface area (Å²) in [5.41, 5.74) is 0.319. The number of anilines is 1. The second-order valence-corrected chi connectivity index (χ2v) is 5.35. The Morgan fingerprint density at radius 3 is 2.60 bits per heavy atom. The number of carboxylic acid groups (broad SMARTS) is 1. The molecule has 1 fully saturated rings. The maximum atomic E-state index is 11.4. The van der Waals surface area contributed by atoms with Crippen LogP contribution >= 0.6 is 0 Å². The highest BCUT2D eigenvalue weighted by Crippen LogP contribution is 2.40. The van der Waals surface area contributed by atoms with Crippen molar-refractivity contribution in [2.45, 2.75) is 38.6 Å². The van der Waals surface area contributed by atoms with Crippen molar-refractivity contribution in [3.63, 3.8) is 0 Å². The highest BCUT2D eigenvalue weighted by molar-refractivity contribution is 5.76. The minimum Gasteiger partial charge on any atom is -0.480 e.